The fraction of sp³-hybridized carbons (Fsp3) is 0.211. The number of carboxylic acids is 1. The molecule has 1 heterocycles. The Labute approximate surface area is 163 Å². The summed E-state index contributed by atoms with van der Waals surface area (Å²) in [6, 6.07) is 9.08. The van der Waals surface area contributed by atoms with Gasteiger partial charge in [0.05, 0.1) is 30.3 Å². The molecular weight excluding hydrogens is 390 g/mol. The second-order valence-corrected chi connectivity index (χ2v) is 6.98. The van der Waals surface area contributed by atoms with Gasteiger partial charge in [0.25, 0.3) is 0 Å². The van der Waals surface area contributed by atoms with E-state index < -0.39 is 23.5 Å². The molecule has 0 radical (unpaired) electrons. The van der Waals surface area contributed by atoms with Crippen LogP contribution in [0.25, 0.3) is 10.2 Å². The quantitative estimate of drug-likeness (QED) is 0.642. The SMILES string of the molecule is COc1cccc(N(Cc2nc3ccc(F)c(F)c3s2)C(=O)CCC(=O)O)c1. The molecule has 0 fully saturated rings. The summed E-state index contributed by atoms with van der Waals surface area (Å²) in [6.45, 7) is -0.00791. The molecule has 2 aromatic carbocycles. The van der Waals surface area contributed by atoms with Crippen LogP contribution in [0.4, 0.5) is 14.5 Å². The number of nitrogens with zero attached hydrogens (tertiary/aromatic N) is 2. The van der Waals surface area contributed by atoms with Crippen molar-refractivity contribution in [3.05, 3.63) is 53.0 Å². The summed E-state index contributed by atoms with van der Waals surface area (Å²) in [5.41, 5.74) is 0.781. The number of halogens is 2. The number of hydrogen-bond acceptors (Lipinski definition) is 5. The van der Waals surface area contributed by atoms with E-state index in [0.717, 1.165) is 17.4 Å². The first-order chi connectivity index (χ1) is 13.4. The van der Waals surface area contributed by atoms with Crippen LogP contribution < -0.4 is 9.64 Å². The predicted octanol–water partition coefficient (Wildman–Crippen LogP) is 3.98. The molecule has 1 N–H and O–H groups in total. The lowest BCUT2D eigenvalue weighted by Crippen LogP contribution is -2.30. The summed E-state index contributed by atoms with van der Waals surface area (Å²) in [5, 5.41) is 9.25. The zero-order valence-corrected chi connectivity index (χ0v) is 15.6. The Kier molecular flexibility index (Phi) is 5.84. The molecule has 6 nitrogen and oxygen atoms in total. The molecule has 0 bridgehead atoms. The van der Waals surface area contributed by atoms with Crippen LogP contribution in [-0.4, -0.2) is 29.1 Å². The van der Waals surface area contributed by atoms with Crippen LogP contribution in [0.5, 0.6) is 5.75 Å². The Bertz CT molecular complexity index is 1040. The van der Waals surface area contributed by atoms with Gasteiger partial charge >= 0.3 is 5.97 Å². The molecular formula is C19H16F2N2O4S. The van der Waals surface area contributed by atoms with Crippen LogP contribution in [0.15, 0.2) is 36.4 Å². The maximum atomic E-state index is 14.0. The van der Waals surface area contributed by atoms with Crippen molar-refractivity contribution in [1.29, 1.82) is 0 Å². The summed E-state index contributed by atoms with van der Waals surface area (Å²) in [7, 11) is 1.49. The van der Waals surface area contributed by atoms with E-state index in [9.17, 15) is 18.4 Å². The van der Waals surface area contributed by atoms with Gasteiger partial charge in [0.15, 0.2) is 11.6 Å². The van der Waals surface area contributed by atoms with Crippen molar-refractivity contribution in [3.8, 4) is 5.75 Å². The van der Waals surface area contributed by atoms with E-state index in [1.54, 1.807) is 24.3 Å². The summed E-state index contributed by atoms with van der Waals surface area (Å²) >= 11 is 0.945. The zero-order chi connectivity index (χ0) is 20.3. The highest BCUT2D eigenvalue weighted by atomic mass is 32.1. The molecule has 1 amide bonds. The first kappa shape index (κ1) is 19.7. The van der Waals surface area contributed by atoms with Gasteiger partial charge in [0, 0.05) is 18.2 Å². The number of aliphatic carboxylic acids is 1. The molecule has 9 heteroatoms. The van der Waals surface area contributed by atoms with Crippen molar-refractivity contribution in [3.63, 3.8) is 0 Å². The summed E-state index contributed by atoms with van der Waals surface area (Å²) in [6.07, 6.45) is -0.528. The number of ether oxygens (including phenoxy) is 1. The van der Waals surface area contributed by atoms with Crippen molar-refractivity contribution < 1.29 is 28.2 Å². The molecule has 28 heavy (non-hydrogen) atoms. The molecule has 0 aliphatic heterocycles. The number of hydrogen-bond donors (Lipinski definition) is 1. The fourth-order valence-electron chi connectivity index (χ4n) is 2.64. The van der Waals surface area contributed by atoms with E-state index in [-0.39, 0.29) is 24.1 Å². The normalized spacial score (nSPS) is 10.8. The molecule has 0 saturated carbocycles. The lowest BCUT2D eigenvalue weighted by atomic mass is 10.2. The topological polar surface area (TPSA) is 79.7 Å². The van der Waals surface area contributed by atoms with E-state index in [1.165, 1.54) is 18.1 Å². The van der Waals surface area contributed by atoms with E-state index in [4.69, 9.17) is 9.84 Å². The van der Waals surface area contributed by atoms with Gasteiger partial charge in [-0.25, -0.2) is 13.8 Å². The molecule has 0 spiro atoms. The Hall–Kier alpha value is -3.07. The third kappa shape index (κ3) is 4.25. The molecule has 0 saturated heterocycles. The summed E-state index contributed by atoms with van der Waals surface area (Å²) in [5.74, 6) is -2.94. The minimum atomic E-state index is -1.09. The van der Waals surface area contributed by atoms with Crippen molar-refractivity contribution in [1.82, 2.24) is 4.98 Å². The van der Waals surface area contributed by atoms with E-state index in [1.807, 2.05) is 0 Å². The van der Waals surface area contributed by atoms with E-state index in [2.05, 4.69) is 4.98 Å². The van der Waals surface area contributed by atoms with Crippen molar-refractivity contribution in [2.24, 2.45) is 0 Å². The van der Waals surface area contributed by atoms with Crippen LogP contribution in [-0.2, 0) is 16.1 Å². The van der Waals surface area contributed by atoms with Crippen LogP contribution in [0, 0.1) is 11.6 Å². The van der Waals surface area contributed by atoms with Crippen LogP contribution in [0.3, 0.4) is 0 Å². The van der Waals surface area contributed by atoms with E-state index in [0.29, 0.717) is 22.0 Å². The van der Waals surface area contributed by atoms with E-state index >= 15 is 0 Å². The number of carbonyl (C=O) groups is 2. The lowest BCUT2D eigenvalue weighted by Gasteiger charge is -2.22. The third-order valence-corrected chi connectivity index (χ3v) is 5.05. The highest BCUT2D eigenvalue weighted by Crippen LogP contribution is 2.29. The fourth-order valence-corrected chi connectivity index (χ4v) is 3.61. The number of anilines is 1. The molecule has 3 aromatic rings. The van der Waals surface area contributed by atoms with Crippen LogP contribution in [0.1, 0.15) is 17.8 Å². The van der Waals surface area contributed by atoms with Gasteiger partial charge in [-0.3, -0.25) is 9.59 Å². The average Bonchev–Trinajstić information content (AvgIpc) is 3.10. The average molecular weight is 406 g/mol. The Morgan fingerprint density at radius 2 is 2.00 bits per heavy atom. The van der Waals surface area contributed by atoms with Crippen LogP contribution in [0.2, 0.25) is 0 Å². The first-order valence-corrected chi connectivity index (χ1v) is 9.10. The third-order valence-electron chi connectivity index (χ3n) is 4.01. The molecule has 0 aliphatic rings. The maximum Gasteiger partial charge on any atom is 0.303 e. The molecule has 0 aliphatic carbocycles. The Morgan fingerprint density at radius 3 is 2.71 bits per heavy atom. The van der Waals surface area contributed by atoms with Crippen molar-refractivity contribution >= 4 is 39.1 Å². The second kappa shape index (κ2) is 8.30. The zero-order valence-electron chi connectivity index (χ0n) is 14.8. The van der Waals surface area contributed by atoms with Crippen molar-refractivity contribution in [2.75, 3.05) is 12.0 Å². The number of carbonyl (C=O) groups excluding carboxylic acids is 1. The first-order valence-electron chi connectivity index (χ1n) is 8.28. The van der Waals surface area contributed by atoms with Crippen molar-refractivity contribution in [2.45, 2.75) is 19.4 Å². The Morgan fingerprint density at radius 1 is 1.21 bits per heavy atom. The smallest absolute Gasteiger partial charge is 0.303 e. The molecule has 0 unspecified atom stereocenters. The highest BCUT2D eigenvalue weighted by molar-refractivity contribution is 7.18. The van der Waals surface area contributed by atoms with Gasteiger partial charge in [0.1, 0.15) is 10.8 Å². The largest absolute Gasteiger partial charge is 0.497 e. The van der Waals surface area contributed by atoms with Gasteiger partial charge < -0.3 is 14.7 Å². The standard InChI is InChI=1S/C19H16F2N2O4S/c1-27-12-4-2-3-11(9-12)23(16(24)7-8-17(25)26)10-15-22-14-6-5-13(20)18(21)19(14)28-15/h2-6,9H,7-8,10H2,1H3,(H,25,26). The minimum absolute atomic E-state index is 0.00791. The molecule has 0 atom stereocenters. The number of aromatic nitrogens is 1. The Balaban J connectivity index is 1.95. The molecule has 1 aromatic heterocycles. The summed E-state index contributed by atoms with van der Waals surface area (Å²) < 4.78 is 32.7. The summed E-state index contributed by atoms with van der Waals surface area (Å²) in [4.78, 5) is 29.1. The minimum Gasteiger partial charge on any atom is -0.497 e. The molecule has 146 valence electrons. The van der Waals surface area contributed by atoms with Gasteiger partial charge in [-0.1, -0.05) is 6.07 Å². The number of benzene rings is 2. The lowest BCUT2D eigenvalue weighted by molar-refractivity contribution is -0.138. The van der Waals surface area contributed by atoms with Gasteiger partial charge in [-0.2, -0.15) is 0 Å². The number of carboxylic acid groups (broad SMARTS) is 1. The highest BCUT2D eigenvalue weighted by Gasteiger charge is 2.21. The molecule has 3 rings (SSSR count). The number of thiazole rings is 1. The van der Waals surface area contributed by atoms with Gasteiger partial charge in [0.2, 0.25) is 5.91 Å². The second-order valence-electron chi connectivity index (χ2n) is 5.89. The van der Waals surface area contributed by atoms with Gasteiger partial charge in [-0.15, -0.1) is 11.3 Å². The van der Waals surface area contributed by atoms with Gasteiger partial charge in [-0.05, 0) is 24.3 Å². The maximum absolute atomic E-state index is 14.0. The number of fused-ring (bicyclic) bond motifs is 1. The number of amides is 1. The monoisotopic (exact) mass is 406 g/mol. The predicted molar refractivity (Wildman–Crippen MR) is 101 cm³/mol. The number of rotatable bonds is 7. The van der Waals surface area contributed by atoms with Crippen LogP contribution >= 0.6 is 11.3 Å². The number of methoxy groups -OCH3 is 1.